The first-order valence-electron chi connectivity index (χ1n) is 4.06. The summed E-state index contributed by atoms with van der Waals surface area (Å²) in [6.07, 6.45) is 1.02. The average Bonchev–Trinajstić information content (AvgIpc) is 1.96. The lowest BCUT2D eigenvalue weighted by atomic mass is 10.2. The Hall–Kier alpha value is -1.59. The van der Waals surface area contributed by atoms with E-state index in [-0.39, 0.29) is 18.7 Å². The van der Waals surface area contributed by atoms with E-state index in [0.717, 1.165) is 0 Å². The zero-order valence-corrected chi connectivity index (χ0v) is 8.02. The van der Waals surface area contributed by atoms with Crippen molar-refractivity contribution in [3.8, 4) is 0 Å². The molecule has 0 aromatic rings. The minimum absolute atomic E-state index is 0.0628. The Balaban J connectivity index is 0. The average molecular weight is 205 g/mol. The molecule has 0 saturated carbocycles. The van der Waals surface area contributed by atoms with Crippen molar-refractivity contribution in [1.29, 1.82) is 0 Å². The third-order valence-corrected chi connectivity index (χ3v) is 1.03. The Morgan fingerprint density at radius 2 is 1.21 bits per heavy atom. The van der Waals surface area contributed by atoms with Gasteiger partial charge in [-0.25, -0.2) is 0 Å². The van der Waals surface area contributed by atoms with E-state index in [0.29, 0.717) is 12.8 Å². The van der Waals surface area contributed by atoms with Gasteiger partial charge in [-0.1, -0.05) is 0 Å². The summed E-state index contributed by atoms with van der Waals surface area (Å²) in [7, 11) is 0. The fourth-order valence-corrected chi connectivity index (χ4v) is 0.552. The predicted molar refractivity (Wildman–Crippen MR) is 48.6 cm³/mol. The second-order valence-electron chi connectivity index (χ2n) is 2.61. The minimum Gasteiger partial charge on any atom is -0.481 e. The number of amides is 1. The molecule has 0 radical (unpaired) electrons. The number of carboxylic acids is 2. The summed E-state index contributed by atoms with van der Waals surface area (Å²) in [6.45, 7) is 1.31. The van der Waals surface area contributed by atoms with Gasteiger partial charge in [0, 0.05) is 19.8 Å². The zero-order valence-electron chi connectivity index (χ0n) is 8.02. The molecule has 0 fully saturated rings. The maximum Gasteiger partial charge on any atom is 0.303 e. The van der Waals surface area contributed by atoms with Gasteiger partial charge in [-0.2, -0.15) is 0 Å². The number of rotatable bonds is 5. The van der Waals surface area contributed by atoms with Crippen molar-refractivity contribution < 1.29 is 24.6 Å². The SMILES string of the molecule is CC(N)=O.O=C(O)CCCCC(=O)O. The van der Waals surface area contributed by atoms with E-state index in [1.165, 1.54) is 6.92 Å². The van der Waals surface area contributed by atoms with Gasteiger partial charge in [-0.15, -0.1) is 0 Å². The van der Waals surface area contributed by atoms with E-state index in [4.69, 9.17) is 10.2 Å². The lowest BCUT2D eigenvalue weighted by Gasteiger charge is -1.92. The molecule has 14 heavy (non-hydrogen) atoms. The van der Waals surface area contributed by atoms with Gasteiger partial charge in [-0.3, -0.25) is 14.4 Å². The highest BCUT2D eigenvalue weighted by Gasteiger charge is 1.99. The summed E-state index contributed by atoms with van der Waals surface area (Å²) in [5.74, 6) is -2.07. The van der Waals surface area contributed by atoms with Crippen LogP contribution in [0.25, 0.3) is 0 Å². The molecule has 0 aromatic heterocycles. The Labute approximate surface area is 81.7 Å². The third kappa shape index (κ3) is 31.5. The zero-order chi connectivity index (χ0) is 11.6. The van der Waals surface area contributed by atoms with Crippen LogP contribution in [0.15, 0.2) is 0 Å². The number of aliphatic carboxylic acids is 2. The number of carboxylic acid groups (broad SMARTS) is 2. The molecule has 0 atom stereocenters. The summed E-state index contributed by atoms with van der Waals surface area (Å²) >= 11 is 0. The molecular formula is C8H15NO5. The highest BCUT2D eigenvalue weighted by molar-refractivity contribution is 5.70. The molecule has 0 saturated heterocycles. The standard InChI is InChI=1S/C6H10O4.C2H5NO/c7-5(8)3-1-2-4-6(9)10;1-2(3)4/h1-4H2,(H,7,8)(H,9,10);1H3,(H2,3,4). The van der Waals surface area contributed by atoms with Crippen molar-refractivity contribution in [1.82, 2.24) is 0 Å². The maximum atomic E-state index is 9.90. The van der Waals surface area contributed by atoms with E-state index < -0.39 is 11.9 Å². The van der Waals surface area contributed by atoms with Gasteiger partial charge < -0.3 is 15.9 Å². The largest absolute Gasteiger partial charge is 0.481 e. The monoisotopic (exact) mass is 205 g/mol. The van der Waals surface area contributed by atoms with Gasteiger partial charge in [0.1, 0.15) is 0 Å². The topological polar surface area (TPSA) is 118 Å². The van der Waals surface area contributed by atoms with Crippen molar-refractivity contribution in [2.75, 3.05) is 0 Å². The molecule has 0 aliphatic heterocycles. The molecule has 1 amide bonds. The summed E-state index contributed by atoms with van der Waals surface area (Å²) in [5.41, 5.74) is 4.47. The van der Waals surface area contributed by atoms with E-state index >= 15 is 0 Å². The fourth-order valence-electron chi connectivity index (χ4n) is 0.552. The van der Waals surface area contributed by atoms with Crippen molar-refractivity contribution in [3.63, 3.8) is 0 Å². The number of hydrogen-bond donors (Lipinski definition) is 3. The van der Waals surface area contributed by atoms with Crippen LogP contribution in [0.4, 0.5) is 0 Å². The van der Waals surface area contributed by atoms with Crippen molar-refractivity contribution in [2.45, 2.75) is 32.6 Å². The smallest absolute Gasteiger partial charge is 0.303 e. The normalized spacial score (nSPS) is 8.36. The second-order valence-corrected chi connectivity index (χ2v) is 2.61. The molecule has 6 nitrogen and oxygen atoms in total. The van der Waals surface area contributed by atoms with E-state index in [2.05, 4.69) is 5.73 Å². The molecule has 4 N–H and O–H groups in total. The second kappa shape index (κ2) is 9.50. The molecule has 0 aliphatic rings. The van der Waals surface area contributed by atoms with Crippen molar-refractivity contribution >= 4 is 17.8 Å². The first kappa shape index (κ1) is 14.9. The molecule has 0 spiro atoms. The number of unbranched alkanes of at least 4 members (excludes halogenated alkanes) is 1. The molecule has 0 aromatic carbocycles. The summed E-state index contributed by atoms with van der Waals surface area (Å²) in [5, 5.41) is 16.3. The van der Waals surface area contributed by atoms with Gasteiger partial charge in [0.2, 0.25) is 5.91 Å². The number of primary amides is 1. The van der Waals surface area contributed by atoms with Crippen LogP contribution >= 0.6 is 0 Å². The number of carbonyl (C=O) groups excluding carboxylic acids is 1. The lowest BCUT2D eigenvalue weighted by molar-refractivity contribution is -0.139. The Morgan fingerprint density at radius 3 is 1.36 bits per heavy atom. The predicted octanol–water partition coefficient (Wildman–Crippen LogP) is 0.208. The molecule has 0 unspecified atom stereocenters. The van der Waals surface area contributed by atoms with Crippen LogP contribution in [0.3, 0.4) is 0 Å². The molecule has 0 aliphatic carbocycles. The van der Waals surface area contributed by atoms with Crippen LogP contribution in [0.2, 0.25) is 0 Å². The molecule has 0 rings (SSSR count). The highest BCUT2D eigenvalue weighted by Crippen LogP contribution is 1.98. The minimum atomic E-state index is -0.870. The molecule has 6 heteroatoms. The van der Waals surface area contributed by atoms with Crippen molar-refractivity contribution in [2.24, 2.45) is 5.73 Å². The Kier molecular flexibility index (Phi) is 10.1. The maximum absolute atomic E-state index is 9.90. The fraction of sp³-hybridized carbons (Fsp3) is 0.625. The number of carbonyl (C=O) groups is 3. The number of hydrogen-bond acceptors (Lipinski definition) is 3. The Morgan fingerprint density at radius 1 is 1.00 bits per heavy atom. The van der Waals surface area contributed by atoms with Crippen LogP contribution < -0.4 is 5.73 Å². The molecular weight excluding hydrogens is 190 g/mol. The van der Waals surface area contributed by atoms with Gasteiger partial charge in [0.15, 0.2) is 0 Å². The first-order chi connectivity index (χ1) is 6.36. The van der Waals surface area contributed by atoms with E-state index in [1.807, 2.05) is 0 Å². The quantitative estimate of drug-likeness (QED) is 0.554. The van der Waals surface area contributed by atoms with Gasteiger partial charge in [-0.05, 0) is 12.8 Å². The van der Waals surface area contributed by atoms with Crippen molar-refractivity contribution in [3.05, 3.63) is 0 Å². The van der Waals surface area contributed by atoms with Crippen LogP contribution in [-0.4, -0.2) is 28.1 Å². The molecule has 0 bridgehead atoms. The third-order valence-electron chi connectivity index (χ3n) is 1.03. The first-order valence-corrected chi connectivity index (χ1v) is 4.06. The van der Waals surface area contributed by atoms with Crippen LogP contribution in [0.1, 0.15) is 32.6 Å². The lowest BCUT2D eigenvalue weighted by Crippen LogP contribution is -2.01. The van der Waals surface area contributed by atoms with Gasteiger partial charge in [0.05, 0.1) is 0 Å². The van der Waals surface area contributed by atoms with E-state index in [9.17, 15) is 14.4 Å². The van der Waals surface area contributed by atoms with Crippen LogP contribution in [0.5, 0.6) is 0 Å². The summed E-state index contributed by atoms with van der Waals surface area (Å²) < 4.78 is 0. The van der Waals surface area contributed by atoms with Crippen LogP contribution in [0, 0.1) is 0 Å². The highest BCUT2D eigenvalue weighted by atomic mass is 16.4. The van der Waals surface area contributed by atoms with E-state index in [1.54, 1.807) is 0 Å². The Bertz CT molecular complexity index is 182. The van der Waals surface area contributed by atoms with Gasteiger partial charge in [0.25, 0.3) is 0 Å². The summed E-state index contributed by atoms with van der Waals surface area (Å²) in [6, 6.07) is 0. The van der Waals surface area contributed by atoms with Gasteiger partial charge >= 0.3 is 11.9 Å². The van der Waals surface area contributed by atoms with Crippen LogP contribution in [-0.2, 0) is 14.4 Å². The molecule has 0 heterocycles. The number of nitrogens with two attached hydrogens (primary N) is 1. The summed E-state index contributed by atoms with van der Waals surface area (Å²) in [4.78, 5) is 29.0. The molecule has 82 valence electrons.